The van der Waals surface area contributed by atoms with Crippen LogP contribution in [-0.2, 0) is 4.79 Å². The first-order valence-corrected chi connectivity index (χ1v) is 8.55. The number of nitrogens with zero attached hydrogens (tertiary/aromatic N) is 4. The van der Waals surface area contributed by atoms with Crippen molar-refractivity contribution in [2.75, 3.05) is 24.5 Å². The Balaban J connectivity index is 2.06. The van der Waals surface area contributed by atoms with Gasteiger partial charge in [0.1, 0.15) is 17.7 Å². The van der Waals surface area contributed by atoms with E-state index in [9.17, 15) is 19.8 Å². The number of halogens is 2. The van der Waals surface area contributed by atoms with Crippen LogP contribution >= 0.6 is 27.5 Å². The first kappa shape index (κ1) is 17.7. The summed E-state index contributed by atoms with van der Waals surface area (Å²) >= 11 is 9.50. The van der Waals surface area contributed by atoms with Crippen LogP contribution in [0.1, 0.15) is 5.82 Å². The number of carboxylic acids is 1. The van der Waals surface area contributed by atoms with Crippen LogP contribution in [0.25, 0.3) is 10.9 Å². The van der Waals surface area contributed by atoms with Gasteiger partial charge in [-0.25, -0.2) is 19.6 Å². The van der Waals surface area contributed by atoms with Gasteiger partial charge in [-0.2, -0.15) is 0 Å². The van der Waals surface area contributed by atoms with Crippen molar-refractivity contribution in [2.24, 2.45) is 0 Å². The molecule has 3 rings (SSSR count). The Kier molecular flexibility index (Phi) is 4.70. The number of hydrogen-bond donors (Lipinski definition) is 2. The van der Waals surface area contributed by atoms with Crippen molar-refractivity contribution in [1.29, 1.82) is 0 Å². The largest absolute Gasteiger partial charge is 0.480 e. The van der Waals surface area contributed by atoms with E-state index in [0.717, 1.165) is 10.3 Å². The lowest BCUT2D eigenvalue weighted by atomic mass is 10.1. The normalized spacial score (nSPS) is 17.8. The summed E-state index contributed by atoms with van der Waals surface area (Å²) in [7, 11) is 0. The van der Waals surface area contributed by atoms with Gasteiger partial charge in [0.05, 0.1) is 17.1 Å². The van der Waals surface area contributed by atoms with Crippen molar-refractivity contribution in [3.05, 3.63) is 27.5 Å². The molecule has 1 saturated heterocycles. The molecule has 2 aromatic rings. The van der Waals surface area contributed by atoms with E-state index in [4.69, 9.17) is 11.6 Å². The third kappa shape index (κ3) is 3.34. The van der Waals surface area contributed by atoms with Crippen molar-refractivity contribution in [2.45, 2.75) is 13.0 Å². The fourth-order valence-corrected chi connectivity index (χ4v) is 3.38. The third-order valence-electron chi connectivity index (χ3n) is 4.04. The van der Waals surface area contributed by atoms with Crippen molar-refractivity contribution < 1.29 is 19.8 Å². The first-order valence-electron chi connectivity index (χ1n) is 7.38. The maximum atomic E-state index is 11.5. The number of rotatable bonds is 2. The lowest BCUT2D eigenvalue weighted by Crippen LogP contribution is -2.58. The minimum absolute atomic E-state index is 0.00737. The fourth-order valence-electron chi connectivity index (χ4n) is 2.88. The topological polar surface area (TPSA) is 107 Å². The molecule has 2 N–H and O–H groups in total. The average Bonchev–Trinajstić information content (AvgIpc) is 2.55. The van der Waals surface area contributed by atoms with Gasteiger partial charge in [0.15, 0.2) is 0 Å². The standard InChI is InChI=1S/C15H14BrClN4O4/c1-7-18-11-5-10(17)9(16)4-8(11)13(19-7)20-2-3-21(15(24)25)12(6-20)14(22)23/h4-5,12H,2-3,6H2,1H3,(H,22,23)(H,24,25). The third-order valence-corrected chi connectivity index (χ3v) is 5.24. The molecule has 1 unspecified atom stereocenters. The van der Waals surface area contributed by atoms with Crippen LogP contribution in [0.4, 0.5) is 10.6 Å². The van der Waals surface area contributed by atoms with Gasteiger partial charge in [-0.05, 0) is 35.0 Å². The van der Waals surface area contributed by atoms with Crippen molar-refractivity contribution in [3.8, 4) is 0 Å². The zero-order valence-corrected chi connectivity index (χ0v) is 15.5. The molecule has 1 atom stereocenters. The number of benzene rings is 1. The molecule has 132 valence electrons. The molecular formula is C15H14BrClN4O4. The van der Waals surface area contributed by atoms with Gasteiger partial charge in [-0.3, -0.25) is 4.90 Å². The number of aromatic nitrogens is 2. The van der Waals surface area contributed by atoms with Crippen LogP contribution in [0.2, 0.25) is 5.02 Å². The maximum absolute atomic E-state index is 11.5. The molecule has 1 aromatic heterocycles. The zero-order valence-electron chi connectivity index (χ0n) is 13.1. The Labute approximate surface area is 156 Å². The molecule has 1 aromatic carbocycles. The Morgan fingerprint density at radius 1 is 1.28 bits per heavy atom. The van der Waals surface area contributed by atoms with Crippen LogP contribution in [0.15, 0.2) is 16.6 Å². The Morgan fingerprint density at radius 3 is 2.64 bits per heavy atom. The molecule has 25 heavy (non-hydrogen) atoms. The fraction of sp³-hybridized carbons (Fsp3) is 0.333. The van der Waals surface area contributed by atoms with Gasteiger partial charge in [0.2, 0.25) is 0 Å². The molecule has 0 aliphatic carbocycles. The molecular weight excluding hydrogens is 416 g/mol. The van der Waals surface area contributed by atoms with Crippen molar-refractivity contribution in [3.63, 3.8) is 0 Å². The van der Waals surface area contributed by atoms with Gasteiger partial charge in [-0.15, -0.1) is 0 Å². The number of hydrogen-bond acceptors (Lipinski definition) is 5. The van der Waals surface area contributed by atoms with E-state index in [0.29, 0.717) is 33.2 Å². The highest BCUT2D eigenvalue weighted by Gasteiger charge is 2.36. The predicted octanol–water partition coefficient (Wildman–Crippen LogP) is 2.61. The van der Waals surface area contributed by atoms with Gasteiger partial charge >= 0.3 is 12.1 Å². The van der Waals surface area contributed by atoms with Crippen LogP contribution in [-0.4, -0.2) is 62.8 Å². The van der Waals surface area contributed by atoms with Crippen LogP contribution < -0.4 is 4.90 Å². The van der Waals surface area contributed by atoms with Crippen molar-refractivity contribution in [1.82, 2.24) is 14.9 Å². The summed E-state index contributed by atoms with van der Waals surface area (Å²) in [6, 6.07) is 2.33. The van der Waals surface area contributed by atoms with Crippen LogP contribution in [0, 0.1) is 6.92 Å². The van der Waals surface area contributed by atoms with Gasteiger partial charge < -0.3 is 15.1 Å². The number of piperazine rings is 1. The number of anilines is 1. The number of amides is 1. The zero-order chi connectivity index (χ0) is 18.3. The molecule has 1 fully saturated rings. The van der Waals surface area contributed by atoms with Gasteiger partial charge in [0.25, 0.3) is 0 Å². The second kappa shape index (κ2) is 6.64. The Hall–Kier alpha value is -2.13. The van der Waals surface area contributed by atoms with E-state index < -0.39 is 18.1 Å². The maximum Gasteiger partial charge on any atom is 0.408 e. The van der Waals surface area contributed by atoms with E-state index in [1.807, 2.05) is 0 Å². The number of fused-ring (bicyclic) bond motifs is 1. The first-order chi connectivity index (χ1) is 11.8. The van der Waals surface area contributed by atoms with Crippen LogP contribution in [0.5, 0.6) is 0 Å². The lowest BCUT2D eigenvalue weighted by Gasteiger charge is -2.38. The SMILES string of the molecule is Cc1nc(N2CCN(C(=O)O)C(C(=O)O)C2)c2cc(Br)c(Cl)cc2n1. The summed E-state index contributed by atoms with van der Waals surface area (Å²) in [5.74, 6) is -0.101. The summed E-state index contributed by atoms with van der Waals surface area (Å²) in [5.41, 5.74) is 0.642. The van der Waals surface area contributed by atoms with E-state index in [1.165, 1.54) is 0 Å². The minimum Gasteiger partial charge on any atom is -0.480 e. The number of aliphatic carboxylic acids is 1. The summed E-state index contributed by atoms with van der Waals surface area (Å²) in [5, 5.41) is 19.8. The van der Waals surface area contributed by atoms with E-state index in [2.05, 4.69) is 25.9 Å². The molecule has 1 aliphatic rings. The molecule has 1 amide bonds. The molecule has 8 nitrogen and oxygen atoms in total. The summed E-state index contributed by atoms with van der Waals surface area (Å²) < 4.78 is 0.675. The average molecular weight is 430 g/mol. The van der Waals surface area contributed by atoms with Gasteiger partial charge in [-0.1, -0.05) is 11.6 Å². The summed E-state index contributed by atoms with van der Waals surface area (Å²) in [6.07, 6.45) is -1.25. The Bertz CT molecular complexity index is 878. The van der Waals surface area contributed by atoms with Crippen molar-refractivity contribution >= 4 is 56.3 Å². The molecule has 1 aliphatic heterocycles. The lowest BCUT2D eigenvalue weighted by molar-refractivity contribution is -0.142. The van der Waals surface area contributed by atoms with E-state index >= 15 is 0 Å². The Morgan fingerprint density at radius 2 is 2.00 bits per heavy atom. The summed E-state index contributed by atoms with van der Waals surface area (Å²) in [6.45, 7) is 2.15. The smallest absolute Gasteiger partial charge is 0.408 e. The quantitative estimate of drug-likeness (QED) is 0.755. The van der Waals surface area contributed by atoms with E-state index in [-0.39, 0.29) is 13.1 Å². The highest BCUT2D eigenvalue weighted by Crippen LogP contribution is 2.32. The summed E-state index contributed by atoms with van der Waals surface area (Å²) in [4.78, 5) is 34.3. The molecule has 10 heteroatoms. The second-order valence-corrected chi connectivity index (χ2v) is 6.92. The molecule has 0 radical (unpaired) electrons. The predicted molar refractivity (Wildman–Crippen MR) is 95.4 cm³/mol. The molecule has 2 heterocycles. The monoisotopic (exact) mass is 428 g/mol. The highest BCUT2D eigenvalue weighted by atomic mass is 79.9. The minimum atomic E-state index is -1.25. The second-order valence-electron chi connectivity index (χ2n) is 5.65. The molecule has 0 saturated carbocycles. The number of aryl methyl sites for hydroxylation is 1. The van der Waals surface area contributed by atoms with Gasteiger partial charge in [0, 0.05) is 22.9 Å². The van der Waals surface area contributed by atoms with E-state index in [1.54, 1.807) is 24.0 Å². The molecule has 0 bridgehead atoms. The number of carbonyl (C=O) groups is 2. The number of carboxylic acid groups (broad SMARTS) is 2. The molecule has 0 spiro atoms. The highest BCUT2D eigenvalue weighted by molar-refractivity contribution is 9.10. The van der Waals surface area contributed by atoms with Crippen LogP contribution in [0.3, 0.4) is 0 Å².